The molecule has 0 atom stereocenters. The van der Waals surface area contributed by atoms with E-state index in [0.29, 0.717) is 54.2 Å². The van der Waals surface area contributed by atoms with Crippen molar-refractivity contribution in [2.45, 2.75) is 32.3 Å². The van der Waals surface area contributed by atoms with Crippen LogP contribution in [0.15, 0.2) is 53.5 Å². The van der Waals surface area contributed by atoms with Gasteiger partial charge in [-0.3, -0.25) is 14.3 Å². The van der Waals surface area contributed by atoms with Gasteiger partial charge in [0.15, 0.2) is 11.6 Å². The molecule has 4 aromatic rings. The van der Waals surface area contributed by atoms with Gasteiger partial charge in [0.1, 0.15) is 17.1 Å². The topological polar surface area (TPSA) is 145 Å². The number of ether oxygens (including phenoxy) is 1. The zero-order valence-corrected chi connectivity index (χ0v) is 22.9. The number of aromatic nitrogens is 2. The Morgan fingerprint density at radius 2 is 1.83 bits per heavy atom. The second-order valence-corrected chi connectivity index (χ2v) is 11.8. The summed E-state index contributed by atoms with van der Waals surface area (Å²) in [5.41, 5.74) is 1.03. The fraction of sp³-hybridized carbons (Fsp3) is 0.286. The molecule has 1 aliphatic rings. The molecule has 1 fully saturated rings. The van der Waals surface area contributed by atoms with E-state index in [4.69, 9.17) is 4.74 Å². The number of sulfonamides is 1. The number of hydrogen-bond acceptors (Lipinski definition) is 6. The van der Waals surface area contributed by atoms with E-state index in [2.05, 4.69) is 14.7 Å². The summed E-state index contributed by atoms with van der Waals surface area (Å²) in [5.74, 6) is -2.23. The first kappa shape index (κ1) is 28.3. The van der Waals surface area contributed by atoms with Crippen molar-refractivity contribution >= 4 is 32.5 Å². The Labute approximate surface area is 234 Å². The minimum absolute atomic E-state index is 0.0770. The molecule has 3 heterocycles. The monoisotopic (exact) mass is 586 g/mol. The zero-order chi connectivity index (χ0) is 29.3. The van der Waals surface area contributed by atoms with Gasteiger partial charge >= 0.3 is 0 Å². The van der Waals surface area contributed by atoms with E-state index < -0.39 is 33.3 Å². The number of halogens is 2. The van der Waals surface area contributed by atoms with E-state index in [9.17, 15) is 31.9 Å². The normalized spacial score (nSPS) is 14.4. The van der Waals surface area contributed by atoms with Crippen molar-refractivity contribution in [1.29, 1.82) is 0 Å². The summed E-state index contributed by atoms with van der Waals surface area (Å²) in [6, 6.07) is 8.85. The van der Waals surface area contributed by atoms with Crippen LogP contribution in [-0.2, 0) is 21.2 Å². The summed E-state index contributed by atoms with van der Waals surface area (Å²) in [7, 11) is -3.64. The maximum atomic E-state index is 14.5. The highest BCUT2D eigenvalue weighted by molar-refractivity contribution is 7.92. The van der Waals surface area contributed by atoms with Crippen LogP contribution >= 0.6 is 0 Å². The smallest absolute Gasteiger partial charge is 0.272 e. The summed E-state index contributed by atoms with van der Waals surface area (Å²) in [4.78, 5) is 33.1. The Morgan fingerprint density at radius 1 is 1.10 bits per heavy atom. The van der Waals surface area contributed by atoms with E-state index in [-0.39, 0.29) is 40.8 Å². The molecule has 0 bridgehead atoms. The van der Waals surface area contributed by atoms with Crippen LogP contribution in [-0.4, -0.2) is 59.2 Å². The van der Waals surface area contributed by atoms with Crippen molar-refractivity contribution < 1.29 is 31.8 Å². The fourth-order valence-electron chi connectivity index (χ4n) is 4.72. The second kappa shape index (κ2) is 11.3. The van der Waals surface area contributed by atoms with E-state index in [0.717, 1.165) is 12.1 Å². The molecule has 0 spiro atoms. The zero-order valence-electron chi connectivity index (χ0n) is 22.0. The van der Waals surface area contributed by atoms with Crippen molar-refractivity contribution in [1.82, 2.24) is 14.9 Å². The third-order valence-corrected chi connectivity index (χ3v) is 8.24. The number of H-pyrrole nitrogens is 2. The number of nitrogens with one attached hydrogen (secondary N) is 3. The molecule has 10 nitrogen and oxygen atoms in total. The van der Waals surface area contributed by atoms with Crippen LogP contribution in [0, 0.1) is 11.6 Å². The first-order chi connectivity index (χ1) is 19.5. The van der Waals surface area contributed by atoms with Crippen LogP contribution < -0.4 is 15.0 Å². The summed E-state index contributed by atoms with van der Waals surface area (Å²) >= 11 is 0. The molecule has 5 rings (SSSR count). The highest BCUT2D eigenvalue weighted by Crippen LogP contribution is 2.39. The molecule has 2 aromatic carbocycles. The number of piperidine rings is 1. The van der Waals surface area contributed by atoms with Gasteiger partial charge in [-0.15, -0.1) is 0 Å². The number of nitrogens with zero attached hydrogens (tertiary/aromatic N) is 1. The SMILES string of the molecule is CCS(=O)(=O)Nc1ccc(Oc2ccc(F)cc2F)c(-c2c[nH]c3c(=O)[nH]c(CC(=O)N4CCC(O)CC4)cc23)c1. The maximum absolute atomic E-state index is 14.5. The van der Waals surface area contributed by atoms with Gasteiger partial charge in [-0.2, -0.15) is 0 Å². The summed E-state index contributed by atoms with van der Waals surface area (Å²) in [6.07, 6.45) is 1.98. The number of aliphatic hydroxyl groups excluding tert-OH is 1. The van der Waals surface area contributed by atoms with Gasteiger partial charge in [0.2, 0.25) is 15.9 Å². The van der Waals surface area contributed by atoms with Crippen molar-refractivity contribution in [3.05, 3.63) is 76.3 Å². The van der Waals surface area contributed by atoms with E-state index in [1.807, 2.05) is 0 Å². The number of carbonyl (C=O) groups is 1. The lowest BCUT2D eigenvalue weighted by Gasteiger charge is -2.29. The molecule has 216 valence electrons. The lowest BCUT2D eigenvalue weighted by Crippen LogP contribution is -2.41. The largest absolute Gasteiger partial charge is 0.454 e. The number of fused-ring (bicyclic) bond motifs is 1. The van der Waals surface area contributed by atoms with Gasteiger partial charge in [0, 0.05) is 53.2 Å². The molecule has 0 saturated carbocycles. The molecule has 1 saturated heterocycles. The number of anilines is 1. The number of benzene rings is 2. The third kappa shape index (κ3) is 6.25. The van der Waals surface area contributed by atoms with E-state index in [1.165, 1.54) is 31.3 Å². The predicted octanol–water partition coefficient (Wildman–Crippen LogP) is 3.88. The van der Waals surface area contributed by atoms with Crippen LogP contribution in [0.2, 0.25) is 0 Å². The Bertz CT molecular complexity index is 1780. The highest BCUT2D eigenvalue weighted by atomic mass is 32.2. The van der Waals surface area contributed by atoms with E-state index >= 15 is 0 Å². The van der Waals surface area contributed by atoms with Crippen molar-refractivity contribution in [3.8, 4) is 22.6 Å². The van der Waals surface area contributed by atoms with Crippen LogP contribution in [0.4, 0.5) is 14.5 Å². The maximum Gasteiger partial charge on any atom is 0.272 e. The molecule has 1 aliphatic heterocycles. The average Bonchev–Trinajstić information content (AvgIpc) is 3.35. The highest BCUT2D eigenvalue weighted by Gasteiger charge is 2.23. The number of likely N-dealkylation sites (tertiary alicyclic amines) is 1. The number of carbonyl (C=O) groups excluding carboxylic acids is 1. The minimum atomic E-state index is -3.64. The third-order valence-electron chi connectivity index (χ3n) is 6.94. The number of pyridine rings is 1. The Hall–Kier alpha value is -4.23. The number of hydrogen-bond donors (Lipinski definition) is 4. The molecule has 0 radical (unpaired) electrons. The lowest BCUT2D eigenvalue weighted by molar-refractivity contribution is -0.132. The minimum Gasteiger partial charge on any atom is -0.454 e. The van der Waals surface area contributed by atoms with Crippen molar-refractivity contribution in [2.24, 2.45) is 0 Å². The van der Waals surface area contributed by atoms with Gasteiger partial charge in [-0.05, 0) is 56.2 Å². The molecular weight excluding hydrogens is 558 g/mol. The number of amides is 1. The molecular formula is C28H28F2N4O6S. The van der Waals surface area contributed by atoms with E-state index in [1.54, 1.807) is 11.0 Å². The molecule has 13 heteroatoms. The van der Waals surface area contributed by atoms with Crippen LogP contribution in [0.3, 0.4) is 0 Å². The molecule has 4 N–H and O–H groups in total. The first-order valence-electron chi connectivity index (χ1n) is 13.0. The quantitative estimate of drug-likeness (QED) is 0.247. The van der Waals surface area contributed by atoms with Gasteiger partial charge in [0.25, 0.3) is 5.56 Å². The summed E-state index contributed by atoms with van der Waals surface area (Å²) in [5, 5.41) is 10.2. The van der Waals surface area contributed by atoms with Gasteiger partial charge in [-0.25, -0.2) is 17.2 Å². The molecule has 1 amide bonds. The van der Waals surface area contributed by atoms with Crippen molar-refractivity contribution in [2.75, 3.05) is 23.6 Å². The van der Waals surface area contributed by atoms with Gasteiger partial charge in [0.05, 0.1) is 18.3 Å². The van der Waals surface area contributed by atoms with Crippen LogP contribution in [0.25, 0.3) is 22.0 Å². The Kier molecular flexibility index (Phi) is 7.82. The number of rotatable bonds is 8. The Balaban J connectivity index is 1.57. The second-order valence-electron chi connectivity index (χ2n) is 9.80. The summed E-state index contributed by atoms with van der Waals surface area (Å²) < 4.78 is 60.7. The average molecular weight is 587 g/mol. The number of aromatic amines is 2. The summed E-state index contributed by atoms with van der Waals surface area (Å²) in [6.45, 7) is 2.32. The van der Waals surface area contributed by atoms with Crippen LogP contribution in [0.5, 0.6) is 11.5 Å². The molecule has 41 heavy (non-hydrogen) atoms. The van der Waals surface area contributed by atoms with Gasteiger partial charge < -0.3 is 24.7 Å². The molecule has 0 aliphatic carbocycles. The van der Waals surface area contributed by atoms with Crippen molar-refractivity contribution in [3.63, 3.8) is 0 Å². The Morgan fingerprint density at radius 3 is 2.54 bits per heavy atom. The van der Waals surface area contributed by atoms with Gasteiger partial charge in [-0.1, -0.05) is 0 Å². The standard InChI is InChI=1S/C28H28F2N4O6S/c1-2-41(38,39)33-17-4-6-24(40-25-5-3-16(29)11-23(25)30)20(12-17)22-15-31-27-21(22)13-18(32-28(27)37)14-26(36)34-9-7-19(35)8-10-34/h3-6,11-13,15,19,31,33,35H,2,7-10,14H2,1H3,(H,32,37). The fourth-order valence-corrected chi connectivity index (χ4v) is 5.35. The van der Waals surface area contributed by atoms with Crippen LogP contribution in [0.1, 0.15) is 25.5 Å². The lowest BCUT2D eigenvalue weighted by atomic mass is 10.0. The first-order valence-corrected chi connectivity index (χ1v) is 14.6. The molecule has 2 aromatic heterocycles. The predicted molar refractivity (Wildman–Crippen MR) is 149 cm³/mol. The molecule has 0 unspecified atom stereocenters. The number of aliphatic hydroxyl groups is 1.